The maximum atomic E-state index is 12.2. The van der Waals surface area contributed by atoms with Crippen LogP contribution in [-0.2, 0) is 27.8 Å². The standard InChI is InChI=1S/C27H34ClN3O5S/c1-3-24(30-27(32)35-2)23-11-8-19(23)16-31-13-5-4-6-18-14-21(28)9-7-20(18)17-36-26-12-10-22(15-25(26)31)37(29,33)34/h3,7,9-10,12,14-15,19,23-24H,1,4-6,8,11,13,16-17H2,2H3,(H,30,32)(H2,29,33,34)/t19-,23+,24+/m0/s1. The van der Waals surface area contributed by atoms with Gasteiger partial charge in [0.1, 0.15) is 12.4 Å². The third-order valence-corrected chi connectivity index (χ3v) is 8.54. The third kappa shape index (κ3) is 6.58. The maximum Gasteiger partial charge on any atom is 0.407 e. The van der Waals surface area contributed by atoms with Crippen LogP contribution in [0.4, 0.5) is 10.5 Å². The minimum Gasteiger partial charge on any atom is -0.487 e. The Morgan fingerprint density at radius 1 is 1.27 bits per heavy atom. The number of hydrogen-bond donors (Lipinski definition) is 2. The minimum atomic E-state index is -3.89. The van der Waals surface area contributed by atoms with E-state index in [0.29, 0.717) is 36.2 Å². The fourth-order valence-corrected chi connectivity index (χ4v) is 5.94. The van der Waals surface area contributed by atoms with Crippen LogP contribution in [0.25, 0.3) is 0 Å². The summed E-state index contributed by atoms with van der Waals surface area (Å²) in [7, 11) is -2.55. The number of alkyl carbamates (subject to hydrolysis) is 1. The largest absolute Gasteiger partial charge is 0.487 e. The Bertz CT molecular complexity index is 1250. The first-order valence-electron chi connectivity index (χ1n) is 12.5. The molecule has 0 saturated heterocycles. The summed E-state index contributed by atoms with van der Waals surface area (Å²) in [6.45, 7) is 5.64. The Labute approximate surface area is 223 Å². The SMILES string of the molecule is C=C[C@@H](NC(=O)OC)[C@@H]1CC[C@H]1CN1CCCCc2cc(Cl)ccc2COc2ccc(S(N)(=O)=O)cc21. The summed E-state index contributed by atoms with van der Waals surface area (Å²) in [4.78, 5) is 14.1. The molecule has 2 aromatic rings. The first-order valence-corrected chi connectivity index (χ1v) is 14.4. The van der Waals surface area contributed by atoms with E-state index in [9.17, 15) is 13.2 Å². The number of ether oxygens (including phenoxy) is 2. The van der Waals surface area contributed by atoms with Crippen molar-refractivity contribution < 1.29 is 22.7 Å². The van der Waals surface area contributed by atoms with Crippen molar-refractivity contribution in [3.05, 3.63) is 65.2 Å². The zero-order valence-electron chi connectivity index (χ0n) is 21.0. The van der Waals surface area contributed by atoms with Crippen LogP contribution in [0, 0.1) is 11.8 Å². The summed E-state index contributed by atoms with van der Waals surface area (Å²) in [6, 6.07) is 10.4. The van der Waals surface area contributed by atoms with Gasteiger partial charge in [0.2, 0.25) is 10.0 Å². The predicted molar refractivity (Wildman–Crippen MR) is 144 cm³/mol. The Morgan fingerprint density at radius 2 is 2.08 bits per heavy atom. The Morgan fingerprint density at radius 3 is 2.76 bits per heavy atom. The number of benzene rings is 2. The van der Waals surface area contributed by atoms with Gasteiger partial charge in [-0.15, -0.1) is 6.58 Å². The van der Waals surface area contributed by atoms with Crippen molar-refractivity contribution in [2.75, 3.05) is 25.1 Å². The molecule has 0 aromatic heterocycles. The number of carbonyl (C=O) groups excluding carboxylic acids is 1. The van der Waals surface area contributed by atoms with Gasteiger partial charge in [-0.1, -0.05) is 23.7 Å². The molecule has 1 aliphatic carbocycles. The van der Waals surface area contributed by atoms with Gasteiger partial charge in [0.05, 0.1) is 23.7 Å². The number of nitrogens with zero attached hydrogens (tertiary/aromatic N) is 1. The number of nitrogens with two attached hydrogens (primary N) is 1. The highest BCUT2D eigenvalue weighted by molar-refractivity contribution is 7.89. The highest BCUT2D eigenvalue weighted by Gasteiger charge is 2.38. The van der Waals surface area contributed by atoms with E-state index in [1.807, 2.05) is 18.2 Å². The van der Waals surface area contributed by atoms with Crippen LogP contribution in [0.2, 0.25) is 5.02 Å². The maximum absolute atomic E-state index is 12.2. The van der Waals surface area contributed by atoms with E-state index in [1.54, 1.807) is 18.2 Å². The molecule has 2 aliphatic rings. The lowest BCUT2D eigenvalue weighted by atomic mass is 9.69. The van der Waals surface area contributed by atoms with E-state index in [2.05, 4.69) is 16.8 Å². The molecule has 0 unspecified atom stereocenters. The Kier molecular flexibility index (Phi) is 8.67. The number of halogens is 1. The van der Waals surface area contributed by atoms with Crippen LogP contribution in [0.5, 0.6) is 5.75 Å². The predicted octanol–water partition coefficient (Wildman–Crippen LogP) is 4.65. The van der Waals surface area contributed by atoms with Gasteiger partial charge in [-0.05, 0) is 85.4 Å². The molecular weight excluding hydrogens is 514 g/mol. The number of aryl methyl sites for hydroxylation is 1. The number of amides is 1. The van der Waals surface area contributed by atoms with Gasteiger partial charge in [0, 0.05) is 18.1 Å². The molecule has 3 N–H and O–H groups in total. The van der Waals surface area contributed by atoms with Crippen molar-refractivity contribution in [3.8, 4) is 5.75 Å². The van der Waals surface area contributed by atoms with E-state index < -0.39 is 16.1 Å². The number of rotatable bonds is 6. The number of anilines is 1. The van der Waals surface area contributed by atoms with Gasteiger partial charge >= 0.3 is 6.09 Å². The first kappa shape index (κ1) is 27.3. The molecule has 10 heteroatoms. The number of hydrogen-bond acceptors (Lipinski definition) is 6. The molecule has 1 amide bonds. The summed E-state index contributed by atoms with van der Waals surface area (Å²) in [5, 5.41) is 9.04. The lowest BCUT2D eigenvalue weighted by molar-refractivity contribution is 0.129. The normalized spacial score (nSPS) is 20.7. The molecule has 1 heterocycles. The third-order valence-electron chi connectivity index (χ3n) is 7.39. The summed E-state index contributed by atoms with van der Waals surface area (Å²) in [5.41, 5.74) is 2.91. The zero-order chi connectivity index (χ0) is 26.6. The topological polar surface area (TPSA) is 111 Å². The first-order chi connectivity index (χ1) is 17.7. The molecule has 0 bridgehead atoms. The molecule has 0 radical (unpaired) electrons. The van der Waals surface area contributed by atoms with Gasteiger partial charge < -0.3 is 19.7 Å². The smallest absolute Gasteiger partial charge is 0.407 e. The fraction of sp³-hybridized carbons (Fsp3) is 0.444. The van der Waals surface area contributed by atoms with Gasteiger partial charge in [-0.3, -0.25) is 0 Å². The number of primary sulfonamides is 1. The Hall–Kier alpha value is -2.75. The second kappa shape index (κ2) is 11.8. The second-order valence-corrected chi connectivity index (χ2v) is 11.7. The molecule has 1 aliphatic heterocycles. The molecule has 2 aromatic carbocycles. The lowest BCUT2D eigenvalue weighted by Gasteiger charge is -2.44. The van der Waals surface area contributed by atoms with Crippen LogP contribution in [0.3, 0.4) is 0 Å². The van der Waals surface area contributed by atoms with Crippen LogP contribution in [0.1, 0.15) is 36.8 Å². The summed E-state index contributed by atoms with van der Waals surface area (Å²) in [6.07, 6.45) is 5.93. The Balaban J connectivity index is 1.64. The minimum absolute atomic E-state index is 0.0448. The van der Waals surface area contributed by atoms with Crippen LogP contribution in [-0.4, -0.2) is 40.8 Å². The van der Waals surface area contributed by atoms with Gasteiger partial charge in [-0.2, -0.15) is 0 Å². The van der Waals surface area contributed by atoms with E-state index in [0.717, 1.165) is 43.2 Å². The van der Waals surface area contributed by atoms with E-state index in [1.165, 1.54) is 13.2 Å². The zero-order valence-corrected chi connectivity index (χ0v) is 22.6. The van der Waals surface area contributed by atoms with Crippen molar-refractivity contribution >= 4 is 33.4 Å². The molecule has 37 heavy (non-hydrogen) atoms. The molecule has 4 rings (SSSR count). The van der Waals surface area contributed by atoms with Gasteiger partial charge in [0.25, 0.3) is 0 Å². The number of nitrogens with one attached hydrogen (secondary N) is 1. The van der Waals surface area contributed by atoms with Crippen molar-refractivity contribution in [3.63, 3.8) is 0 Å². The average molecular weight is 548 g/mol. The van der Waals surface area contributed by atoms with Crippen molar-refractivity contribution in [1.29, 1.82) is 0 Å². The van der Waals surface area contributed by atoms with Crippen LogP contribution in [0.15, 0.2) is 53.9 Å². The number of sulfonamides is 1. The second-order valence-electron chi connectivity index (χ2n) is 9.68. The lowest BCUT2D eigenvalue weighted by Crippen LogP contribution is -2.49. The summed E-state index contributed by atoms with van der Waals surface area (Å²) in [5.74, 6) is 1.07. The molecule has 3 atom stereocenters. The average Bonchev–Trinajstić information content (AvgIpc) is 2.88. The summed E-state index contributed by atoms with van der Waals surface area (Å²) >= 11 is 6.25. The van der Waals surface area contributed by atoms with Crippen LogP contribution < -0.4 is 20.1 Å². The fourth-order valence-electron chi connectivity index (χ4n) is 5.21. The molecule has 8 nitrogen and oxygen atoms in total. The van der Waals surface area contributed by atoms with Crippen LogP contribution >= 0.6 is 11.6 Å². The molecular formula is C27H34ClN3O5S. The van der Waals surface area contributed by atoms with Crippen molar-refractivity contribution in [2.45, 2.75) is 49.6 Å². The van der Waals surface area contributed by atoms with Crippen molar-refractivity contribution in [1.82, 2.24) is 5.32 Å². The number of fused-ring (bicyclic) bond motifs is 2. The highest BCUT2D eigenvalue weighted by Crippen LogP contribution is 2.41. The van der Waals surface area contributed by atoms with Gasteiger partial charge in [0.15, 0.2) is 0 Å². The highest BCUT2D eigenvalue weighted by atomic mass is 35.5. The molecule has 1 saturated carbocycles. The quantitative estimate of drug-likeness (QED) is 0.509. The van der Waals surface area contributed by atoms with E-state index in [-0.39, 0.29) is 22.8 Å². The van der Waals surface area contributed by atoms with Crippen molar-refractivity contribution in [2.24, 2.45) is 17.0 Å². The van der Waals surface area contributed by atoms with E-state index >= 15 is 0 Å². The molecule has 200 valence electrons. The van der Waals surface area contributed by atoms with Gasteiger partial charge in [-0.25, -0.2) is 18.4 Å². The summed E-state index contributed by atoms with van der Waals surface area (Å²) < 4.78 is 35.4. The number of methoxy groups -OCH3 is 1. The monoisotopic (exact) mass is 547 g/mol. The number of carbonyl (C=O) groups is 1. The van der Waals surface area contributed by atoms with E-state index in [4.69, 9.17) is 26.2 Å². The molecule has 1 fully saturated rings. The molecule has 0 spiro atoms.